The largest absolute Gasteiger partial charge is 0.508 e. The average molecular weight is 506 g/mol. The first-order valence-corrected chi connectivity index (χ1v) is 12.3. The summed E-state index contributed by atoms with van der Waals surface area (Å²) in [4.78, 5) is 2.46. The molecule has 2 aliphatic rings. The van der Waals surface area contributed by atoms with Gasteiger partial charge in [-0.3, -0.25) is 4.90 Å². The van der Waals surface area contributed by atoms with Crippen LogP contribution in [0.1, 0.15) is 36.5 Å². The van der Waals surface area contributed by atoms with Crippen LogP contribution in [0.2, 0.25) is 0 Å². The fraction of sp³-hybridized carbons (Fsp3) is 0.267. The summed E-state index contributed by atoms with van der Waals surface area (Å²) in [7, 11) is 0. The number of likely N-dealkylation sites (tertiary alicyclic amines) is 1. The number of phenols is 1. The average Bonchev–Trinajstić information content (AvgIpc) is 2.89. The first-order valence-electron chi connectivity index (χ1n) is 12.3. The number of halogens is 2. The van der Waals surface area contributed by atoms with Gasteiger partial charge >= 0.3 is 0 Å². The zero-order chi connectivity index (χ0) is 23.8. The van der Waals surface area contributed by atoms with Crippen LogP contribution < -0.4 is 9.47 Å². The maximum atomic E-state index is 14.9. The van der Waals surface area contributed by atoms with E-state index in [2.05, 4.69) is 4.90 Å². The van der Waals surface area contributed by atoms with Gasteiger partial charge in [0.25, 0.3) is 0 Å². The zero-order valence-electron chi connectivity index (χ0n) is 20.0. The number of aromatic hydroxyl groups is 1. The van der Waals surface area contributed by atoms with Crippen LogP contribution in [0.5, 0.6) is 17.2 Å². The molecule has 0 bridgehead atoms. The van der Waals surface area contributed by atoms with Gasteiger partial charge < -0.3 is 14.6 Å². The Morgan fingerprint density at radius 3 is 2.56 bits per heavy atom. The van der Waals surface area contributed by atoms with Gasteiger partial charge in [0.1, 0.15) is 29.7 Å². The van der Waals surface area contributed by atoms with Crippen molar-refractivity contribution in [1.82, 2.24) is 4.90 Å². The minimum atomic E-state index is -0.407. The SMILES string of the molecule is Cl.Oc1ccc2c3c(ccc2c1)-c1c(F)cccc1OC3c1ccc(OCCN2CCCCC2)cc1. The van der Waals surface area contributed by atoms with Gasteiger partial charge in [0, 0.05) is 12.1 Å². The molecule has 0 radical (unpaired) electrons. The Morgan fingerprint density at radius 1 is 0.944 bits per heavy atom. The van der Waals surface area contributed by atoms with Crippen molar-refractivity contribution < 1.29 is 19.0 Å². The van der Waals surface area contributed by atoms with Crippen molar-refractivity contribution in [3.8, 4) is 28.4 Å². The van der Waals surface area contributed by atoms with Crippen molar-refractivity contribution in [2.75, 3.05) is 26.2 Å². The van der Waals surface area contributed by atoms with Gasteiger partial charge in [-0.1, -0.05) is 42.8 Å². The number of piperidine rings is 1. The second-order valence-corrected chi connectivity index (χ2v) is 9.36. The van der Waals surface area contributed by atoms with Crippen LogP contribution in [0.4, 0.5) is 4.39 Å². The zero-order valence-corrected chi connectivity index (χ0v) is 20.8. The Morgan fingerprint density at radius 2 is 1.75 bits per heavy atom. The predicted octanol–water partition coefficient (Wildman–Crippen LogP) is 7.12. The smallest absolute Gasteiger partial charge is 0.150 e. The Kier molecular flexibility index (Phi) is 7.04. The van der Waals surface area contributed by atoms with Crippen molar-refractivity contribution in [1.29, 1.82) is 0 Å². The van der Waals surface area contributed by atoms with E-state index in [0.29, 0.717) is 17.9 Å². The van der Waals surface area contributed by atoms with Crippen LogP contribution in [0.25, 0.3) is 21.9 Å². The molecule has 0 amide bonds. The quantitative estimate of drug-likeness (QED) is 0.313. The van der Waals surface area contributed by atoms with Crippen molar-refractivity contribution in [2.45, 2.75) is 25.4 Å². The van der Waals surface area contributed by atoms with Crippen LogP contribution in [0.15, 0.2) is 72.8 Å². The second-order valence-electron chi connectivity index (χ2n) is 9.36. The summed E-state index contributed by atoms with van der Waals surface area (Å²) in [6.07, 6.45) is 3.48. The summed E-state index contributed by atoms with van der Waals surface area (Å²) in [5, 5.41) is 11.8. The minimum absolute atomic E-state index is 0. The molecule has 4 aromatic rings. The molecule has 1 unspecified atom stereocenters. The summed E-state index contributed by atoms with van der Waals surface area (Å²) in [6, 6.07) is 22.1. The molecule has 186 valence electrons. The van der Waals surface area contributed by atoms with Gasteiger partial charge in [-0.25, -0.2) is 4.39 Å². The molecule has 2 heterocycles. The molecule has 6 heteroatoms. The molecule has 36 heavy (non-hydrogen) atoms. The third-order valence-corrected chi connectivity index (χ3v) is 7.10. The van der Waals surface area contributed by atoms with Crippen molar-refractivity contribution in [2.24, 2.45) is 0 Å². The summed E-state index contributed by atoms with van der Waals surface area (Å²) < 4.78 is 27.3. The molecule has 0 saturated carbocycles. The van der Waals surface area contributed by atoms with Gasteiger partial charge in [-0.05, 0) is 84.2 Å². The van der Waals surface area contributed by atoms with Crippen LogP contribution in [-0.4, -0.2) is 36.2 Å². The van der Waals surface area contributed by atoms with E-state index < -0.39 is 6.10 Å². The molecule has 1 fully saturated rings. The van der Waals surface area contributed by atoms with Crippen molar-refractivity contribution in [3.63, 3.8) is 0 Å². The lowest BCUT2D eigenvalue weighted by Crippen LogP contribution is -2.33. The van der Waals surface area contributed by atoms with Crippen LogP contribution >= 0.6 is 12.4 Å². The van der Waals surface area contributed by atoms with Gasteiger partial charge in [-0.2, -0.15) is 0 Å². The molecule has 1 atom stereocenters. The molecule has 1 saturated heterocycles. The minimum Gasteiger partial charge on any atom is -0.508 e. The Balaban J connectivity index is 0.00000267. The van der Waals surface area contributed by atoms with E-state index >= 15 is 0 Å². The van der Waals surface area contributed by atoms with Gasteiger partial charge in [0.05, 0.1) is 5.56 Å². The summed E-state index contributed by atoms with van der Waals surface area (Å²) >= 11 is 0. The van der Waals surface area contributed by atoms with Crippen LogP contribution in [0.3, 0.4) is 0 Å². The number of phenolic OH excluding ortho intramolecular Hbond substituents is 1. The maximum absolute atomic E-state index is 14.9. The molecule has 0 aliphatic carbocycles. The number of hydrogen-bond donors (Lipinski definition) is 1. The Hall–Kier alpha value is -3.28. The lowest BCUT2D eigenvalue weighted by Gasteiger charge is -2.30. The van der Waals surface area contributed by atoms with Gasteiger partial charge in [0.15, 0.2) is 6.10 Å². The number of ether oxygens (including phenoxy) is 2. The number of rotatable bonds is 5. The molecule has 0 aromatic heterocycles. The Bertz CT molecular complexity index is 1370. The standard InChI is InChI=1S/C30H28FNO3.ClH/c31-26-5-4-6-27-29(26)25-13-9-21-19-22(33)10-14-24(21)28(25)30(35-27)20-7-11-23(12-8-20)34-18-17-32-15-2-1-3-16-32;/h4-14,19,30,33H,1-3,15-18H2;1H. The maximum Gasteiger partial charge on any atom is 0.150 e. The monoisotopic (exact) mass is 505 g/mol. The number of benzene rings is 4. The van der Waals surface area contributed by atoms with Crippen LogP contribution in [-0.2, 0) is 0 Å². The molecular weight excluding hydrogens is 477 g/mol. The summed E-state index contributed by atoms with van der Waals surface area (Å²) in [6.45, 7) is 3.94. The van der Waals surface area contributed by atoms with Gasteiger partial charge in [-0.15, -0.1) is 12.4 Å². The third kappa shape index (κ3) is 4.61. The highest BCUT2D eigenvalue weighted by atomic mass is 35.5. The predicted molar refractivity (Wildman–Crippen MR) is 143 cm³/mol. The topological polar surface area (TPSA) is 41.9 Å². The van der Waals surface area contributed by atoms with E-state index in [0.717, 1.165) is 52.8 Å². The normalized spacial score (nSPS) is 17.0. The lowest BCUT2D eigenvalue weighted by atomic mass is 9.85. The molecular formula is C30H29ClFNO3. The van der Waals surface area contributed by atoms with E-state index in [1.54, 1.807) is 18.2 Å². The Labute approximate surface area is 216 Å². The van der Waals surface area contributed by atoms with E-state index in [1.165, 1.54) is 25.3 Å². The van der Waals surface area contributed by atoms with Crippen LogP contribution in [0, 0.1) is 5.82 Å². The van der Waals surface area contributed by atoms with Gasteiger partial charge in [0.2, 0.25) is 0 Å². The number of hydrogen-bond acceptors (Lipinski definition) is 4. The second kappa shape index (κ2) is 10.4. The number of fused-ring (bicyclic) bond motifs is 5. The van der Waals surface area contributed by atoms with E-state index in [1.807, 2.05) is 48.5 Å². The van der Waals surface area contributed by atoms with Crippen molar-refractivity contribution in [3.05, 3.63) is 89.7 Å². The fourth-order valence-corrected chi connectivity index (χ4v) is 5.34. The van der Waals surface area contributed by atoms with E-state index in [4.69, 9.17) is 9.47 Å². The molecule has 4 aromatic carbocycles. The molecule has 1 N–H and O–H groups in total. The van der Waals surface area contributed by atoms with E-state index in [9.17, 15) is 9.50 Å². The third-order valence-electron chi connectivity index (χ3n) is 7.10. The highest BCUT2D eigenvalue weighted by Gasteiger charge is 2.31. The van der Waals surface area contributed by atoms with E-state index in [-0.39, 0.29) is 24.0 Å². The highest BCUT2D eigenvalue weighted by molar-refractivity contribution is 5.95. The lowest BCUT2D eigenvalue weighted by molar-refractivity contribution is 0.183. The van der Waals surface area contributed by atoms with Crippen molar-refractivity contribution >= 4 is 23.2 Å². The first kappa shape index (κ1) is 24.4. The molecule has 2 aliphatic heterocycles. The molecule has 6 rings (SSSR count). The highest BCUT2D eigenvalue weighted by Crippen LogP contribution is 2.48. The fourth-order valence-electron chi connectivity index (χ4n) is 5.34. The summed E-state index contributed by atoms with van der Waals surface area (Å²) in [5.74, 6) is 1.25. The molecule has 0 spiro atoms. The number of nitrogens with zero attached hydrogens (tertiary/aromatic N) is 1. The summed E-state index contributed by atoms with van der Waals surface area (Å²) in [5.41, 5.74) is 3.16. The first-order chi connectivity index (χ1) is 17.2. The molecule has 4 nitrogen and oxygen atoms in total.